The number of nitrogens with zero attached hydrogens (tertiary/aromatic N) is 1. The van der Waals surface area contributed by atoms with Gasteiger partial charge in [0, 0.05) is 5.56 Å². The first-order chi connectivity index (χ1) is 15.6. The van der Waals surface area contributed by atoms with E-state index in [4.69, 9.17) is 14.7 Å². The summed E-state index contributed by atoms with van der Waals surface area (Å²) < 4.78 is 37.0. The Morgan fingerprint density at radius 1 is 1.00 bits per heavy atom. The van der Waals surface area contributed by atoms with Crippen molar-refractivity contribution in [1.29, 1.82) is 0 Å². The average molecular weight is 466 g/mol. The van der Waals surface area contributed by atoms with E-state index in [-0.39, 0.29) is 16.4 Å². The fraction of sp³-hybridized carbons (Fsp3) is 0.167. The summed E-state index contributed by atoms with van der Waals surface area (Å²) >= 11 is 0. The summed E-state index contributed by atoms with van der Waals surface area (Å²) in [6.45, 7) is 5.38. The van der Waals surface area contributed by atoms with Gasteiger partial charge in [-0.25, -0.2) is 4.98 Å². The van der Waals surface area contributed by atoms with Crippen molar-refractivity contribution in [3.05, 3.63) is 70.8 Å². The van der Waals surface area contributed by atoms with E-state index in [2.05, 4.69) is 9.97 Å². The number of carbonyl (C=O) groups excluding carboxylic acids is 1. The molecule has 0 aliphatic carbocycles. The molecule has 4 aromatic rings. The monoisotopic (exact) mass is 465 g/mol. The van der Waals surface area contributed by atoms with Crippen LogP contribution in [0.1, 0.15) is 27.0 Å². The maximum atomic E-state index is 13.1. The first-order valence-corrected chi connectivity index (χ1v) is 11.5. The van der Waals surface area contributed by atoms with Crippen LogP contribution in [0.4, 0.5) is 0 Å². The Morgan fingerprint density at radius 3 is 2.33 bits per heavy atom. The van der Waals surface area contributed by atoms with Crippen molar-refractivity contribution in [2.75, 3.05) is 7.11 Å². The molecule has 4 rings (SSSR count). The predicted molar refractivity (Wildman–Crippen MR) is 125 cm³/mol. The van der Waals surface area contributed by atoms with Crippen LogP contribution in [-0.2, 0) is 10.1 Å². The number of nitrogens with one attached hydrogen (secondary N) is 1. The predicted octanol–water partition coefficient (Wildman–Crippen LogP) is 4.03. The summed E-state index contributed by atoms with van der Waals surface area (Å²) in [4.78, 5) is 19.5. The van der Waals surface area contributed by atoms with Crippen LogP contribution in [0.15, 0.2) is 53.4 Å². The molecule has 0 bridgehead atoms. The first-order valence-electron chi connectivity index (χ1n) is 10.1. The molecule has 1 amide bonds. The van der Waals surface area contributed by atoms with E-state index >= 15 is 0 Å². The van der Waals surface area contributed by atoms with Gasteiger partial charge < -0.3 is 19.6 Å². The number of nitrogens with two attached hydrogens (primary N) is 1. The van der Waals surface area contributed by atoms with E-state index in [1.165, 1.54) is 13.2 Å². The topological polar surface area (TPSA) is 124 Å². The number of primary amides is 1. The Morgan fingerprint density at radius 2 is 1.70 bits per heavy atom. The third-order valence-electron chi connectivity index (χ3n) is 5.27. The summed E-state index contributed by atoms with van der Waals surface area (Å²) in [5, 5.41) is 0. The fourth-order valence-corrected chi connectivity index (χ4v) is 5.34. The minimum absolute atomic E-state index is 0.0505. The van der Waals surface area contributed by atoms with Crippen LogP contribution in [-0.4, -0.2) is 31.4 Å². The van der Waals surface area contributed by atoms with Crippen molar-refractivity contribution < 1.29 is 22.1 Å². The smallest absolute Gasteiger partial charge is 0.339 e. The lowest BCUT2D eigenvalue weighted by atomic mass is 10.1. The van der Waals surface area contributed by atoms with E-state index < -0.39 is 16.0 Å². The molecular weight excluding hydrogens is 442 g/mol. The van der Waals surface area contributed by atoms with E-state index in [1.54, 1.807) is 56.3 Å². The molecule has 0 radical (unpaired) electrons. The Kier molecular flexibility index (Phi) is 5.59. The quantitative estimate of drug-likeness (QED) is 0.414. The van der Waals surface area contributed by atoms with Gasteiger partial charge in [-0.15, -0.1) is 0 Å². The lowest BCUT2D eigenvalue weighted by Crippen LogP contribution is -2.13. The summed E-state index contributed by atoms with van der Waals surface area (Å²) in [7, 11) is -2.67. The molecule has 1 aromatic heterocycles. The first kappa shape index (κ1) is 22.3. The molecule has 3 N–H and O–H groups in total. The molecule has 9 heteroatoms. The normalized spacial score (nSPS) is 11.5. The summed E-state index contributed by atoms with van der Waals surface area (Å²) in [5.74, 6) is 0.159. The van der Waals surface area contributed by atoms with E-state index in [0.29, 0.717) is 39.1 Å². The maximum Gasteiger partial charge on any atom is 0.339 e. The number of imidazole rings is 1. The molecule has 0 unspecified atom stereocenters. The van der Waals surface area contributed by atoms with E-state index in [9.17, 15) is 13.2 Å². The number of hydrogen-bond donors (Lipinski definition) is 2. The average Bonchev–Trinajstić information content (AvgIpc) is 3.16. The van der Waals surface area contributed by atoms with Gasteiger partial charge in [-0.3, -0.25) is 4.79 Å². The van der Waals surface area contributed by atoms with Crippen molar-refractivity contribution in [2.24, 2.45) is 5.73 Å². The molecule has 170 valence electrons. The van der Waals surface area contributed by atoms with Crippen LogP contribution in [0, 0.1) is 20.8 Å². The lowest BCUT2D eigenvalue weighted by Gasteiger charge is -2.15. The highest BCUT2D eigenvalue weighted by atomic mass is 32.2. The van der Waals surface area contributed by atoms with Crippen LogP contribution in [0.25, 0.3) is 22.4 Å². The number of methoxy groups -OCH3 is 1. The van der Waals surface area contributed by atoms with Gasteiger partial charge in [-0.1, -0.05) is 23.8 Å². The third kappa shape index (κ3) is 4.14. The molecule has 8 nitrogen and oxygen atoms in total. The molecule has 3 aromatic carbocycles. The largest absolute Gasteiger partial charge is 0.493 e. The number of aryl methyl sites for hydroxylation is 3. The zero-order valence-corrected chi connectivity index (χ0v) is 19.4. The number of H-pyrrole nitrogens is 1. The second kappa shape index (κ2) is 8.25. The Hall–Kier alpha value is -3.85. The van der Waals surface area contributed by atoms with Crippen LogP contribution in [0.5, 0.6) is 11.5 Å². The molecular formula is C24H23N3O5S. The fourth-order valence-electron chi connectivity index (χ4n) is 3.97. The van der Waals surface area contributed by atoms with Gasteiger partial charge in [-0.05, 0) is 62.2 Å². The van der Waals surface area contributed by atoms with Crippen molar-refractivity contribution in [3.63, 3.8) is 0 Å². The number of aromatic nitrogens is 2. The van der Waals surface area contributed by atoms with Gasteiger partial charge in [0.2, 0.25) is 0 Å². The van der Waals surface area contributed by atoms with Gasteiger partial charge in [0.25, 0.3) is 5.91 Å². The van der Waals surface area contributed by atoms with E-state index in [0.717, 1.165) is 5.56 Å². The van der Waals surface area contributed by atoms with Gasteiger partial charge in [0.1, 0.15) is 16.2 Å². The molecule has 0 fully saturated rings. The maximum absolute atomic E-state index is 13.1. The second-order valence-electron chi connectivity index (χ2n) is 7.78. The van der Waals surface area contributed by atoms with Gasteiger partial charge in [0.15, 0.2) is 11.5 Å². The number of para-hydroxylation sites is 1. The zero-order chi connectivity index (χ0) is 23.9. The number of rotatable bonds is 6. The van der Waals surface area contributed by atoms with Crippen LogP contribution < -0.4 is 14.7 Å². The Balaban J connectivity index is 1.73. The molecule has 0 aliphatic rings. The highest BCUT2D eigenvalue weighted by Crippen LogP contribution is 2.35. The molecule has 33 heavy (non-hydrogen) atoms. The minimum atomic E-state index is -4.09. The third-order valence-corrected chi connectivity index (χ3v) is 6.81. The summed E-state index contributed by atoms with van der Waals surface area (Å²) in [6, 6.07) is 13.5. The highest BCUT2D eigenvalue weighted by molar-refractivity contribution is 7.87. The Labute approximate surface area is 191 Å². The Bertz CT molecular complexity index is 1480. The van der Waals surface area contributed by atoms with Crippen LogP contribution in [0.3, 0.4) is 0 Å². The molecule has 0 saturated heterocycles. The summed E-state index contributed by atoms with van der Waals surface area (Å²) in [5.41, 5.74) is 9.64. The molecule has 0 aliphatic heterocycles. The molecule has 1 heterocycles. The van der Waals surface area contributed by atoms with E-state index in [1.807, 2.05) is 6.92 Å². The minimum Gasteiger partial charge on any atom is -0.493 e. The van der Waals surface area contributed by atoms with Crippen LogP contribution >= 0.6 is 0 Å². The number of fused-ring (bicyclic) bond motifs is 1. The van der Waals surface area contributed by atoms with Crippen LogP contribution in [0.2, 0.25) is 0 Å². The van der Waals surface area contributed by atoms with Crippen molar-refractivity contribution >= 4 is 27.1 Å². The second-order valence-corrected chi connectivity index (χ2v) is 9.27. The van der Waals surface area contributed by atoms with Crippen molar-refractivity contribution in [3.8, 4) is 22.9 Å². The lowest BCUT2D eigenvalue weighted by molar-refractivity contribution is 0.100. The molecule has 0 atom stereocenters. The van der Waals surface area contributed by atoms with Crippen molar-refractivity contribution in [2.45, 2.75) is 25.7 Å². The van der Waals surface area contributed by atoms with Gasteiger partial charge >= 0.3 is 10.1 Å². The molecule has 0 spiro atoms. The summed E-state index contributed by atoms with van der Waals surface area (Å²) in [6.07, 6.45) is 0. The standard InChI is InChI=1S/C24H23N3O5S/c1-13-10-14(2)22(15(3)11-13)33(29,30)32-19-9-8-16(12-20(19)31-4)24-26-18-7-5-6-17(23(25)28)21(18)27-24/h5-12H,1-4H3,(H2,25,28)(H,26,27). The number of hydrogen-bond acceptors (Lipinski definition) is 6. The highest BCUT2D eigenvalue weighted by Gasteiger charge is 2.24. The van der Waals surface area contributed by atoms with Crippen molar-refractivity contribution in [1.82, 2.24) is 9.97 Å². The number of amides is 1. The number of ether oxygens (including phenoxy) is 1. The number of benzene rings is 3. The van der Waals surface area contributed by atoms with Gasteiger partial charge in [-0.2, -0.15) is 8.42 Å². The molecule has 0 saturated carbocycles. The van der Waals surface area contributed by atoms with Gasteiger partial charge in [0.05, 0.1) is 18.2 Å². The SMILES string of the molecule is COc1cc(-c2nc3c(C(N)=O)cccc3[nH]2)ccc1OS(=O)(=O)c1c(C)cc(C)cc1C. The number of aromatic amines is 1. The zero-order valence-electron chi connectivity index (χ0n) is 18.6. The number of carbonyl (C=O) groups is 1.